The van der Waals surface area contributed by atoms with Gasteiger partial charge in [-0.05, 0) is 18.4 Å². The van der Waals surface area contributed by atoms with Crippen LogP contribution in [0.15, 0.2) is 15.7 Å². The smallest absolute Gasteiger partial charge is 0.0942 e. The van der Waals surface area contributed by atoms with E-state index in [9.17, 15) is 0 Å². The quantitative estimate of drug-likeness (QED) is 0.552. The van der Waals surface area contributed by atoms with Gasteiger partial charge in [0.25, 0.3) is 0 Å². The molecule has 0 saturated carbocycles. The summed E-state index contributed by atoms with van der Waals surface area (Å²) < 4.78 is 1.55. The van der Waals surface area contributed by atoms with E-state index in [1.54, 1.807) is 4.21 Å². The van der Waals surface area contributed by atoms with Gasteiger partial charge in [0.2, 0.25) is 4.21 Å². The lowest BCUT2D eigenvalue weighted by atomic mass is 10.4. The highest BCUT2D eigenvalue weighted by atomic mass is 32.2. The van der Waals surface area contributed by atoms with Crippen molar-refractivity contribution < 1.29 is 0 Å². The van der Waals surface area contributed by atoms with E-state index >= 15 is 0 Å². The number of thiophene rings is 1. The summed E-state index contributed by atoms with van der Waals surface area (Å²) >= 11 is 1.87. The summed E-state index contributed by atoms with van der Waals surface area (Å²) in [6, 6.07) is 2.19. The first-order valence-electron chi connectivity index (χ1n) is 2.83. The lowest BCUT2D eigenvalue weighted by Gasteiger charge is -1.90. The van der Waals surface area contributed by atoms with Gasteiger partial charge >= 0.3 is 0 Å². The fourth-order valence-electron chi connectivity index (χ4n) is 0.777. The van der Waals surface area contributed by atoms with Crippen molar-refractivity contribution in [3.63, 3.8) is 0 Å². The minimum atomic E-state index is 0.459. The van der Waals surface area contributed by atoms with Gasteiger partial charge in [0.1, 0.15) is 12.5 Å². The molecule has 1 rings (SSSR count). The second-order valence-corrected chi connectivity index (χ2v) is 5.42. The molecule has 0 aliphatic carbocycles. The molecule has 0 radical (unpaired) electrons. The molecule has 0 nitrogen and oxygen atoms in total. The summed E-state index contributed by atoms with van der Waals surface area (Å²) in [7, 11) is 0.459. The van der Waals surface area contributed by atoms with Crippen molar-refractivity contribution in [3.05, 3.63) is 17.0 Å². The Morgan fingerprint density at radius 2 is 2.11 bits per heavy atom. The molecule has 0 saturated heterocycles. The van der Waals surface area contributed by atoms with Gasteiger partial charge in [-0.2, -0.15) is 0 Å². The lowest BCUT2D eigenvalue weighted by molar-refractivity contribution is 1.42. The molecule has 2 heteroatoms. The summed E-state index contributed by atoms with van der Waals surface area (Å²) in [5.41, 5.74) is 1.45. The highest BCUT2D eigenvalue weighted by molar-refractivity contribution is 7.97. The van der Waals surface area contributed by atoms with Gasteiger partial charge in [0.15, 0.2) is 0 Å². The Balaban J connectivity index is 2.94. The summed E-state index contributed by atoms with van der Waals surface area (Å²) in [5.74, 6) is 0. The van der Waals surface area contributed by atoms with Gasteiger partial charge in [-0.15, -0.1) is 0 Å². The van der Waals surface area contributed by atoms with Gasteiger partial charge in [0.05, 0.1) is 0 Å². The van der Waals surface area contributed by atoms with Gasteiger partial charge < -0.3 is 0 Å². The molecule has 0 aromatic carbocycles. The Hall–Kier alpha value is 0.0500. The fourth-order valence-corrected chi connectivity index (χ4v) is 3.08. The van der Waals surface area contributed by atoms with Crippen LogP contribution in [0.1, 0.15) is 5.56 Å². The zero-order valence-corrected chi connectivity index (χ0v) is 7.60. The summed E-state index contributed by atoms with van der Waals surface area (Å²) in [6.07, 6.45) is 4.53. The Kier molecular flexibility index (Phi) is 2.19. The monoisotopic (exact) mass is 159 g/mol. The maximum atomic E-state index is 2.26. The van der Waals surface area contributed by atoms with E-state index in [4.69, 9.17) is 0 Å². The van der Waals surface area contributed by atoms with Crippen molar-refractivity contribution in [2.45, 2.75) is 11.1 Å². The molecule has 0 aliphatic heterocycles. The van der Waals surface area contributed by atoms with Crippen molar-refractivity contribution in [2.75, 3.05) is 12.5 Å². The molecule has 0 amide bonds. The highest BCUT2D eigenvalue weighted by Gasteiger charge is 2.12. The molecule has 0 N–H and O–H groups in total. The first-order chi connectivity index (χ1) is 4.22. The minimum Gasteiger partial charge on any atom is -0.0942 e. The van der Waals surface area contributed by atoms with E-state index in [1.165, 1.54) is 5.56 Å². The number of hydrogen-bond acceptors (Lipinski definition) is 1. The largest absolute Gasteiger partial charge is 0.211 e. The first-order valence-corrected chi connectivity index (χ1v) is 5.75. The van der Waals surface area contributed by atoms with Crippen LogP contribution >= 0.6 is 11.3 Å². The van der Waals surface area contributed by atoms with E-state index in [2.05, 4.69) is 30.9 Å². The second-order valence-electron chi connectivity index (χ2n) is 2.21. The molecule has 0 bridgehead atoms. The standard InChI is InChI=1S/C7H11S2/c1-6-4-5-8-7(6)9(2)3/h4-5H,1-3H3/q+1. The predicted octanol–water partition coefficient (Wildman–Crippen LogP) is 2.29. The van der Waals surface area contributed by atoms with Gasteiger partial charge in [-0.1, -0.05) is 11.3 Å². The Morgan fingerprint density at radius 3 is 2.33 bits per heavy atom. The van der Waals surface area contributed by atoms with Gasteiger partial charge in [-0.25, -0.2) is 0 Å². The zero-order chi connectivity index (χ0) is 6.85. The van der Waals surface area contributed by atoms with E-state index in [0.29, 0.717) is 10.9 Å². The Bertz CT molecular complexity index is 189. The van der Waals surface area contributed by atoms with Crippen molar-refractivity contribution in [2.24, 2.45) is 0 Å². The molecule has 0 spiro atoms. The van der Waals surface area contributed by atoms with Crippen molar-refractivity contribution in [3.8, 4) is 0 Å². The third-order valence-corrected chi connectivity index (χ3v) is 4.35. The first kappa shape index (κ1) is 7.16. The van der Waals surface area contributed by atoms with E-state index < -0.39 is 0 Å². The minimum absolute atomic E-state index is 0.459. The predicted molar refractivity (Wildman–Crippen MR) is 46.5 cm³/mol. The maximum absolute atomic E-state index is 2.26. The van der Waals surface area contributed by atoms with Crippen LogP contribution < -0.4 is 0 Å². The molecule has 9 heavy (non-hydrogen) atoms. The number of hydrogen-bond donors (Lipinski definition) is 0. The average Bonchev–Trinajstić information content (AvgIpc) is 2.13. The molecule has 1 aromatic rings. The molecule has 0 unspecified atom stereocenters. The summed E-state index contributed by atoms with van der Waals surface area (Å²) in [5, 5.41) is 2.16. The van der Waals surface area contributed by atoms with Crippen LogP contribution in [-0.4, -0.2) is 12.5 Å². The molecule has 0 fully saturated rings. The van der Waals surface area contributed by atoms with Crippen LogP contribution in [0.2, 0.25) is 0 Å². The maximum Gasteiger partial charge on any atom is 0.211 e. The van der Waals surface area contributed by atoms with Crippen LogP contribution in [0, 0.1) is 6.92 Å². The number of rotatable bonds is 1. The third-order valence-electron chi connectivity index (χ3n) is 1.19. The molecular weight excluding hydrogens is 148 g/mol. The zero-order valence-electron chi connectivity index (χ0n) is 5.97. The normalized spacial score (nSPS) is 10.7. The third kappa shape index (κ3) is 1.49. The summed E-state index contributed by atoms with van der Waals surface area (Å²) in [6.45, 7) is 2.18. The molecule has 1 heterocycles. The average molecular weight is 159 g/mol. The van der Waals surface area contributed by atoms with Crippen LogP contribution in [0.25, 0.3) is 0 Å². The van der Waals surface area contributed by atoms with Crippen LogP contribution in [0.5, 0.6) is 0 Å². The Morgan fingerprint density at radius 1 is 1.44 bits per heavy atom. The molecule has 50 valence electrons. The number of aryl methyl sites for hydroxylation is 1. The van der Waals surface area contributed by atoms with E-state index in [0.717, 1.165) is 0 Å². The molecule has 1 aromatic heterocycles. The van der Waals surface area contributed by atoms with Crippen LogP contribution in [0.4, 0.5) is 0 Å². The lowest BCUT2D eigenvalue weighted by Crippen LogP contribution is -1.92. The fraction of sp³-hybridized carbons (Fsp3) is 0.429. The van der Waals surface area contributed by atoms with Crippen LogP contribution in [0.3, 0.4) is 0 Å². The topological polar surface area (TPSA) is 0 Å². The highest BCUT2D eigenvalue weighted by Crippen LogP contribution is 2.20. The Labute approximate surface area is 63.3 Å². The van der Waals surface area contributed by atoms with Crippen molar-refractivity contribution in [1.82, 2.24) is 0 Å². The molecule has 0 aliphatic rings. The van der Waals surface area contributed by atoms with Crippen LogP contribution in [-0.2, 0) is 10.9 Å². The summed E-state index contributed by atoms with van der Waals surface area (Å²) in [4.78, 5) is 0. The van der Waals surface area contributed by atoms with Gasteiger partial charge in [-0.3, -0.25) is 0 Å². The van der Waals surface area contributed by atoms with Gasteiger partial charge in [0, 0.05) is 16.5 Å². The second kappa shape index (κ2) is 2.76. The van der Waals surface area contributed by atoms with Crippen molar-refractivity contribution in [1.29, 1.82) is 0 Å². The molecular formula is C7H11S2+. The SMILES string of the molecule is Cc1ccsc1[S+](C)C. The molecule has 0 atom stereocenters. The van der Waals surface area contributed by atoms with E-state index in [-0.39, 0.29) is 0 Å². The van der Waals surface area contributed by atoms with Crippen molar-refractivity contribution >= 4 is 22.2 Å². The van der Waals surface area contributed by atoms with E-state index in [1.807, 2.05) is 11.3 Å².